The number of rotatable bonds is 7. The molecule has 1 amide bonds. The van der Waals surface area contributed by atoms with Crippen molar-refractivity contribution in [1.82, 2.24) is 10.2 Å². The Labute approximate surface area is 122 Å². The molecule has 0 aliphatic carbocycles. The van der Waals surface area contributed by atoms with E-state index in [1.54, 1.807) is 0 Å². The molecule has 4 heteroatoms. The summed E-state index contributed by atoms with van der Waals surface area (Å²) in [4.78, 5) is 14.0. The smallest absolute Gasteiger partial charge is 0.220 e. The van der Waals surface area contributed by atoms with Crippen LogP contribution in [0, 0.1) is 5.41 Å². The van der Waals surface area contributed by atoms with Gasteiger partial charge in [0.25, 0.3) is 0 Å². The Morgan fingerprint density at radius 3 is 2.40 bits per heavy atom. The molecule has 1 aromatic rings. The van der Waals surface area contributed by atoms with Gasteiger partial charge >= 0.3 is 0 Å². The van der Waals surface area contributed by atoms with E-state index in [1.165, 1.54) is 0 Å². The maximum absolute atomic E-state index is 11.9. The van der Waals surface area contributed by atoms with Crippen LogP contribution in [0.15, 0.2) is 24.3 Å². The molecule has 3 N–H and O–H groups in total. The van der Waals surface area contributed by atoms with Crippen LogP contribution in [-0.2, 0) is 11.2 Å². The van der Waals surface area contributed by atoms with Crippen LogP contribution in [-0.4, -0.2) is 38.0 Å². The SMILES string of the molecule is CN(C)CC(C)(C)CNC(=O)CCc1ccc(N)cc1. The topological polar surface area (TPSA) is 58.4 Å². The van der Waals surface area contributed by atoms with Crippen LogP contribution in [0.5, 0.6) is 0 Å². The second kappa shape index (κ2) is 7.29. The predicted molar refractivity (Wildman–Crippen MR) is 84.5 cm³/mol. The van der Waals surface area contributed by atoms with Gasteiger partial charge < -0.3 is 16.0 Å². The van der Waals surface area contributed by atoms with Crippen LogP contribution < -0.4 is 11.1 Å². The van der Waals surface area contributed by atoms with Crippen LogP contribution in [0.25, 0.3) is 0 Å². The molecule has 0 fully saturated rings. The van der Waals surface area contributed by atoms with Crippen LogP contribution in [0.3, 0.4) is 0 Å². The summed E-state index contributed by atoms with van der Waals surface area (Å²) in [5.74, 6) is 0.105. The Morgan fingerprint density at radius 2 is 1.85 bits per heavy atom. The largest absolute Gasteiger partial charge is 0.399 e. The van der Waals surface area contributed by atoms with Gasteiger partial charge in [0.15, 0.2) is 0 Å². The molecule has 112 valence electrons. The lowest BCUT2D eigenvalue weighted by molar-refractivity contribution is -0.121. The average molecular weight is 277 g/mol. The number of nitrogen functional groups attached to an aromatic ring is 1. The van der Waals surface area contributed by atoms with Crippen molar-refractivity contribution >= 4 is 11.6 Å². The molecule has 0 atom stereocenters. The molecule has 0 unspecified atom stereocenters. The lowest BCUT2D eigenvalue weighted by Gasteiger charge is -2.28. The van der Waals surface area contributed by atoms with Gasteiger partial charge in [-0.3, -0.25) is 4.79 Å². The second-order valence-electron chi connectivity index (χ2n) is 6.42. The summed E-state index contributed by atoms with van der Waals surface area (Å²) < 4.78 is 0. The molecule has 0 radical (unpaired) electrons. The molecule has 0 bridgehead atoms. The van der Waals surface area contributed by atoms with Crippen molar-refractivity contribution in [2.45, 2.75) is 26.7 Å². The summed E-state index contributed by atoms with van der Waals surface area (Å²) in [7, 11) is 4.09. The molecule has 0 aliphatic heterocycles. The number of carbonyl (C=O) groups excluding carboxylic acids is 1. The van der Waals surface area contributed by atoms with Crippen molar-refractivity contribution < 1.29 is 4.79 Å². The lowest BCUT2D eigenvalue weighted by Crippen LogP contribution is -2.40. The van der Waals surface area contributed by atoms with Crippen LogP contribution in [0.2, 0.25) is 0 Å². The van der Waals surface area contributed by atoms with Gasteiger partial charge in [0.1, 0.15) is 0 Å². The Kier molecular flexibility index (Phi) is 6.02. The monoisotopic (exact) mass is 277 g/mol. The molecular weight excluding hydrogens is 250 g/mol. The van der Waals surface area contributed by atoms with Gasteiger partial charge in [-0.1, -0.05) is 26.0 Å². The zero-order valence-corrected chi connectivity index (χ0v) is 13.1. The van der Waals surface area contributed by atoms with Gasteiger partial charge in [0.2, 0.25) is 5.91 Å². The van der Waals surface area contributed by atoms with E-state index in [9.17, 15) is 4.79 Å². The average Bonchev–Trinajstić information content (AvgIpc) is 2.34. The zero-order chi connectivity index (χ0) is 15.2. The first kappa shape index (κ1) is 16.5. The number of nitrogens with one attached hydrogen (secondary N) is 1. The number of benzene rings is 1. The van der Waals surface area contributed by atoms with E-state index in [0.29, 0.717) is 13.0 Å². The van der Waals surface area contributed by atoms with Gasteiger partial charge in [0, 0.05) is 25.2 Å². The molecule has 0 heterocycles. The third-order valence-corrected chi connectivity index (χ3v) is 3.13. The fraction of sp³-hybridized carbons (Fsp3) is 0.562. The minimum absolute atomic E-state index is 0.0837. The number of nitrogens with zero attached hydrogens (tertiary/aromatic N) is 1. The first-order chi connectivity index (χ1) is 9.28. The Bertz CT molecular complexity index is 424. The molecule has 0 aromatic heterocycles. The molecule has 20 heavy (non-hydrogen) atoms. The summed E-state index contributed by atoms with van der Waals surface area (Å²) >= 11 is 0. The predicted octanol–water partition coefficient (Wildman–Crippen LogP) is 1.91. The summed E-state index contributed by atoms with van der Waals surface area (Å²) in [6.45, 7) is 5.97. The van der Waals surface area contributed by atoms with Gasteiger partial charge in [-0.2, -0.15) is 0 Å². The number of carbonyl (C=O) groups is 1. The van der Waals surface area contributed by atoms with E-state index >= 15 is 0 Å². The summed E-state index contributed by atoms with van der Waals surface area (Å²) in [5, 5.41) is 3.02. The third kappa shape index (κ3) is 6.57. The van der Waals surface area contributed by atoms with Gasteiger partial charge in [-0.25, -0.2) is 0 Å². The molecule has 1 rings (SSSR count). The molecule has 0 spiro atoms. The number of hydrogen-bond donors (Lipinski definition) is 2. The fourth-order valence-corrected chi connectivity index (χ4v) is 2.28. The van der Waals surface area contributed by atoms with Crippen molar-refractivity contribution in [1.29, 1.82) is 0 Å². The van der Waals surface area contributed by atoms with Crippen molar-refractivity contribution in [3.63, 3.8) is 0 Å². The fourth-order valence-electron chi connectivity index (χ4n) is 2.28. The first-order valence-corrected chi connectivity index (χ1v) is 7.04. The van der Waals surface area contributed by atoms with Crippen molar-refractivity contribution in [2.24, 2.45) is 5.41 Å². The van der Waals surface area contributed by atoms with Crippen LogP contribution in [0.1, 0.15) is 25.8 Å². The normalized spacial score (nSPS) is 11.7. The Morgan fingerprint density at radius 1 is 1.25 bits per heavy atom. The summed E-state index contributed by atoms with van der Waals surface area (Å²) in [6.07, 6.45) is 1.27. The number of amides is 1. The number of aryl methyl sites for hydroxylation is 1. The van der Waals surface area contributed by atoms with E-state index in [1.807, 2.05) is 38.4 Å². The van der Waals surface area contributed by atoms with Crippen molar-refractivity contribution in [3.05, 3.63) is 29.8 Å². The molecule has 0 saturated heterocycles. The highest BCUT2D eigenvalue weighted by molar-refractivity contribution is 5.76. The number of nitrogens with two attached hydrogens (primary N) is 1. The van der Waals surface area contributed by atoms with Crippen molar-refractivity contribution in [3.8, 4) is 0 Å². The minimum atomic E-state index is 0.0837. The van der Waals surface area contributed by atoms with E-state index in [0.717, 1.165) is 24.2 Å². The third-order valence-electron chi connectivity index (χ3n) is 3.13. The maximum Gasteiger partial charge on any atom is 0.220 e. The van der Waals surface area contributed by atoms with Gasteiger partial charge in [0.05, 0.1) is 0 Å². The first-order valence-electron chi connectivity index (χ1n) is 7.04. The second-order valence-corrected chi connectivity index (χ2v) is 6.42. The zero-order valence-electron chi connectivity index (χ0n) is 13.1. The Balaban J connectivity index is 2.32. The molecule has 1 aromatic carbocycles. The molecular formula is C16H27N3O. The van der Waals surface area contributed by atoms with Crippen LogP contribution in [0.4, 0.5) is 5.69 Å². The van der Waals surface area contributed by atoms with E-state index in [4.69, 9.17) is 5.73 Å². The van der Waals surface area contributed by atoms with Gasteiger partial charge in [-0.15, -0.1) is 0 Å². The summed E-state index contributed by atoms with van der Waals surface area (Å²) in [6, 6.07) is 7.68. The van der Waals surface area contributed by atoms with Gasteiger partial charge in [-0.05, 0) is 43.6 Å². The molecule has 0 saturated carbocycles. The highest BCUT2D eigenvalue weighted by atomic mass is 16.1. The van der Waals surface area contributed by atoms with Crippen LogP contribution >= 0.6 is 0 Å². The molecule has 4 nitrogen and oxygen atoms in total. The standard InChI is InChI=1S/C16H27N3O/c1-16(2,12-19(3)4)11-18-15(20)10-7-13-5-8-14(17)9-6-13/h5-6,8-9H,7,10-12,17H2,1-4H3,(H,18,20). The van der Waals surface area contributed by atoms with E-state index in [2.05, 4.69) is 24.1 Å². The minimum Gasteiger partial charge on any atom is -0.399 e. The quantitative estimate of drug-likeness (QED) is 0.748. The highest BCUT2D eigenvalue weighted by Gasteiger charge is 2.19. The Hall–Kier alpha value is -1.55. The number of hydrogen-bond acceptors (Lipinski definition) is 3. The molecule has 0 aliphatic rings. The highest BCUT2D eigenvalue weighted by Crippen LogP contribution is 2.14. The van der Waals surface area contributed by atoms with E-state index in [-0.39, 0.29) is 11.3 Å². The summed E-state index contributed by atoms with van der Waals surface area (Å²) in [5.41, 5.74) is 7.61. The van der Waals surface area contributed by atoms with Crippen molar-refractivity contribution in [2.75, 3.05) is 32.9 Å². The number of anilines is 1. The lowest BCUT2D eigenvalue weighted by atomic mass is 9.93. The maximum atomic E-state index is 11.9. The van der Waals surface area contributed by atoms with E-state index < -0.39 is 0 Å².